The Bertz CT molecular complexity index is 1370. The minimum absolute atomic E-state index is 0.0493. The van der Waals surface area contributed by atoms with Crippen LogP contribution >= 0.6 is 0 Å². The highest BCUT2D eigenvalue weighted by Crippen LogP contribution is 2.36. The topological polar surface area (TPSA) is 172 Å². The van der Waals surface area contributed by atoms with Crippen LogP contribution in [-0.2, 0) is 16.0 Å². The number of primary amides is 1. The van der Waals surface area contributed by atoms with Crippen molar-refractivity contribution in [1.29, 1.82) is 0 Å². The summed E-state index contributed by atoms with van der Waals surface area (Å²) in [6, 6.07) is 14.7. The number of para-hydroxylation sites is 2. The quantitative estimate of drug-likeness (QED) is 0.185. The summed E-state index contributed by atoms with van der Waals surface area (Å²) in [5.74, 6) is -1.61. The maximum absolute atomic E-state index is 12.7. The van der Waals surface area contributed by atoms with Crippen LogP contribution in [0.1, 0.15) is 34.3 Å². The Kier molecular flexibility index (Phi) is 9.41. The zero-order chi connectivity index (χ0) is 28.5. The normalized spacial score (nSPS) is 11.2. The van der Waals surface area contributed by atoms with Crippen molar-refractivity contribution in [2.45, 2.75) is 19.3 Å². The van der Waals surface area contributed by atoms with Gasteiger partial charge < -0.3 is 30.6 Å². The second kappa shape index (κ2) is 12.9. The molecule has 1 atom stereocenters. The lowest BCUT2D eigenvalue weighted by Crippen LogP contribution is -2.25. The Morgan fingerprint density at radius 2 is 1.62 bits per heavy atom. The molecule has 0 radical (unpaired) electrons. The van der Waals surface area contributed by atoms with Crippen LogP contribution in [0.2, 0.25) is 0 Å². The van der Waals surface area contributed by atoms with Gasteiger partial charge in [-0.05, 0) is 54.8 Å². The number of nitrogens with two attached hydrogens (primary N) is 1. The lowest BCUT2D eigenvalue weighted by Gasteiger charge is -2.20. The Morgan fingerprint density at radius 3 is 2.21 bits per heavy atom. The van der Waals surface area contributed by atoms with Gasteiger partial charge in [0.25, 0.3) is 5.69 Å². The summed E-state index contributed by atoms with van der Waals surface area (Å²) < 4.78 is 15.8. The number of carbonyl (C=O) groups excluding carboxylic acids is 3. The SMILES string of the molecule is CCOC(=O)c1cc(OC)c(OC)cc1C(Cc1ccc(NC(=O)Nc2ccccc2[N+](=O)[O-])cc1)C(N)=O. The van der Waals surface area contributed by atoms with Crippen LogP contribution in [-0.4, -0.2) is 43.7 Å². The first-order valence-corrected chi connectivity index (χ1v) is 11.8. The van der Waals surface area contributed by atoms with Crippen LogP contribution in [0.25, 0.3) is 0 Å². The fraction of sp³-hybridized carbons (Fsp3) is 0.222. The average molecular weight is 537 g/mol. The number of esters is 1. The van der Waals surface area contributed by atoms with Crippen molar-refractivity contribution in [2.24, 2.45) is 5.73 Å². The van der Waals surface area contributed by atoms with Gasteiger partial charge in [0.05, 0.1) is 37.2 Å². The highest BCUT2D eigenvalue weighted by molar-refractivity contribution is 6.01. The number of nitrogens with zero attached hydrogens (tertiary/aromatic N) is 1. The maximum Gasteiger partial charge on any atom is 0.338 e. The summed E-state index contributed by atoms with van der Waals surface area (Å²) in [6.45, 7) is 1.80. The predicted molar refractivity (Wildman–Crippen MR) is 143 cm³/mol. The number of nitro benzene ring substituents is 1. The van der Waals surface area contributed by atoms with Crippen molar-refractivity contribution in [1.82, 2.24) is 0 Å². The molecular weight excluding hydrogens is 508 g/mol. The van der Waals surface area contributed by atoms with Crippen LogP contribution in [0.15, 0.2) is 60.7 Å². The van der Waals surface area contributed by atoms with Crippen molar-refractivity contribution in [3.8, 4) is 11.5 Å². The number of carbonyl (C=O) groups is 3. The monoisotopic (exact) mass is 536 g/mol. The Labute approximate surface area is 224 Å². The standard InChI is InChI=1S/C27H28N4O8/c1-4-39-26(33)20-15-24(38-3)23(37-2)14-18(20)19(25(28)32)13-16-9-11-17(12-10-16)29-27(34)30-21-7-5-6-8-22(21)31(35)36/h5-12,14-15,19H,4,13H2,1-3H3,(H2,28,32)(H2,29,30,34). The van der Waals surface area contributed by atoms with Crippen molar-refractivity contribution in [2.75, 3.05) is 31.5 Å². The summed E-state index contributed by atoms with van der Waals surface area (Å²) in [5, 5.41) is 16.2. The molecule has 39 heavy (non-hydrogen) atoms. The van der Waals surface area contributed by atoms with E-state index in [1.807, 2.05) is 0 Å². The van der Waals surface area contributed by atoms with Crippen LogP contribution in [0, 0.1) is 10.1 Å². The zero-order valence-electron chi connectivity index (χ0n) is 21.6. The van der Waals surface area contributed by atoms with E-state index >= 15 is 0 Å². The fourth-order valence-corrected chi connectivity index (χ4v) is 3.92. The minimum Gasteiger partial charge on any atom is -0.493 e. The third-order valence-electron chi connectivity index (χ3n) is 5.77. The van der Waals surface area contributed by atoms with E-state index in [0.717, 1.165) is 0 Å². The van der Waals surface area contributed by atoms with Gasteiger partial charge in [0.15, 0.2) is 11.5 Å². The van der Waals surface area contributed by atoms with E-state index in [2.05, 4.69) is 10.6 Å². The number of methoxy groups -OCH3 is 2. The summed E-state index contributed by atoms with van der Waals surface area (Å²) in [4.78, 5) is 48.2. The highest BCUT2D eigenvalue weighted by atomic mass is 16.6. The molecule has 0 aromatic heterocycles. The second-order valence-corrected chi connectivity index (χ2v) is 8.22. The molecule has 0 aliphatic heterocycles. The number of anilines is 2. The Balaban J connectivity index is 1.82. The molecule has 0 bridgehead atoms. The lowest BCUT2D eigenvalue weighted by atomic mass is 9.87. The van der Waals surface area contributed by atoms with Crippen LogP contribution in [0.4, 0.5) is 21.9 Å². The first kappa shape index (κ1) is 28.4. The van der Waals surface area contributed by atoms with Crippen LogP contribution in [0.3, 0.4) is 0 Å². The number of hydrogen-bond acceptors (Lipinski definition) is 8. The zero-order valence-corrected chi connectivity index (χ0v) is 21.6. The van der Waals surface area contributed by atoms with E-state index in [4.69, 9.17) is 19.9 Å². The van der Waals surface area contributed by atoms with Gasteiger partial charge in [-0.1, -0.05) is 24.3 Å². The maximum atomic E-state index is 12.7. The first-order valence-electron chi connectivity index (χ1n) is 11.8. The number of ether oxygens (including phenoxy) is 3. The van der Waals surface area contributed by atoms with E-state index in [9.17, 15) is 24.5 Å². The first-order chi connectivity index (χ1) is 18.7. The van der Waals surface area contributed by atoms with Gasteiger partial charge in [0.2, 0.25) is 5.91 Å². The molecule has 1 unspecified atom stereocenters. The van der Waals surface area contributed by atoms with Crippen molar-refractivity contribution in [3.05, 3.63) is 87.5 Å². The van der Waals surface area contributed by atoms with Crippen molar-refractivity contribution < 1.29 is 33.5 Å². The number of nitrogens with one attached hydrogen (secondary N) is 2. The summed E-state index contributed by atoms with van der Waals surface area (Å²) in [6.07, 6.45) is 0.139. The molecule has 3 rings (SSSR count). The lowest BCUT2D eigenvalue weighted by molar-refractivity contribution is -0.383. The molecule has 0 heterocycles. The smallest absolute Gasteiger partial charge is 0.338 e. The molecule has 12 heteroatoms. The van der Waals surface area contributed by atoms with Gasteiger partial charge >= 0.3 is 12.0 Å². The van der Waals surface area contributed by atoms with E-state index < -0.39 is 28.7 Å². The minimum atomic E-state index is -0.912. The molecule has 4 N–H and O–H groups in total. The molecule has 0 fully saturated rings. The third kappa shape index (κ3) is 7.01. The van der Waals surface area contributed by atoms with Gasteiger partial charge in [-0.3, -0.25) is 14.9 Å². The van der Waals surface area contributed by atoms with Gasteiger partial charge in [-0.2, -0.15) is 0 Å². The number of hydrogen-bond donors (Lipinski definition) is 3. The number of nitro groups is 1. The number of benzene rings is 3. The van der Waals surface area contributed by atoms with E-state index in [-0.39, 0.29) is 30.0 Å². The molecule has 3 amide bonds. The molecule has 0 aliphatic rings. The molecule has 0 spiro atoms. The largest absolute Gasteiger partial charge is 0.493 e. The molecule has 0 saturated heterocycles. The number of urea groups is 1. The van der Waals surface area contributed by atoms with Gasteiger partial charge in [0, 0.05) is 11.8 Å². The molecule has 12 nitrogen and oxygen atoms in total. The molecule has 3 aromatic rings. The predicted octanol–water partition coefficient (Wildman–Crippen LogP) is 4.24. The van der Waals surface area contributed by atoms with Crippen LogP contribution in [0.5, 0.6) is 11.5 Å². The van der Waals surface area contributed by atoms with Gasteiger partial charge in [-0.25, -0.2) is 9.59 Å². The summed E-state index contributed by atoms with van der Waals surface area (Å²) in [7, 11) is 2.86. The average Bonchev–Trinajstić information content (AvgIpc) is 2.92. The van der Waals surface area contributed by atoms with Crippen molar-refractivity contribution in [3.63, 3.8) is 0 Å². The fourth-order valence-electron chi connectivity index (χ4n) is 3.92. The van der Waals surface area contributed by atoms with Crippen molar-refractivity contribution >= 4 is 35.0 Å². The van der Waals surface area contributed by atoms with E-state index in [1.165, 1.54) is 44.6 Å². The van der Waals surface area contributed by atoms with Gasteiger partial charge in [-0.15, -0.1) is 0 Å². The molecule has 3 aromatic carbocycles. The Morgan fingerprint density at radius 1 is 0.974 bits per heavy atom. The molecular formula is C27H28N4O8. The summed E-state index contributed by atoms with van der Waals surface area (Å²) in [5.41, 5.74) is 7.11. The third-order valence-corrected chi connectivity index (χ3v) is 5.77. The van der Waals surface area contributed by atoms with E-state index in [1.54, 1.807) is 37.3 Å². The number of amides is 3. The molecule has 0 saturated carbocycles. The molecule has 204 valence electrons. The Hall–Kier alpha value is -5.13. The van der Waals surface area contributed by atoms with Crippen LogP contribution < -0.4 is 25.8 Å². The van der Waals surface area contributed by atoms with Gasteiger partial charge in [0.1, 0.15) is 5.69 Å². The van der Waals surface area contributed by atoms with E-state index in [0.29, 0.717) is 28.3 Å². The highest BCUT2D eigenvalue weighted by Gasteiger charge is 2.27. The number of rotatable bonds is 11. The second-order valence-electron chi connectivity index (χ2n) is 8.22. The summed E-state index contributed by atoms with van der Waals surface area (Å²) >= 11 is 0. The molecule has 0 aliphatic carbocycles.